The summed E-state index contributed by atoms with van der Waals surface area (Å²) in [6.07, 6.45) is 0. The Kier molecular flexibility index (Phi) is 9.11. The summed E-state index contributed by atoms with van der Waals surface area (Å²) in [5, 5.41) is 10.8. The highest BCUT2D eigenvalue weighted by Gasteiger charge is 2.16. The molecule has 0 fully saturated rings. The van der Waals surface area contributed by atoms with E-state index in [1.165, 1.54) is 0 Å². The number of carbonyl (C=O) groups excluding carboxylic acids is 1. The minimum atomic E-state index is -0.298. The van der Waals surface area contributed by atoms with Gasteiger partial charge in [-0.25, -0.2) is 4.99 Å². The van der Waals surface area contributed by atoms with Gasteiger partial charge >= 0.3 is 0 Å². The van der Waals surface area contributed by atoms with Crippen LogP contribution in [0.5, 0.6) is 11.5 Å². The maximum absolute atomic E-state index is 13.3. The number of aromatic nitrogens is 2. The molecule has 0 saturated heterocycles. The van der Waals surface area contributed by atoms with Crippen molar-refractivity contribution in [1.82, 2.24) is 15.1 Å². The number of anilines is 1. The number of ether oxygens (including phenoxy) is 2. The summed E-state index contributed by atoms with van der Waals surface area (Å²) in [5.41, 5.74) is 6.60. The molecule has 0 aliphatic heterocycles. The number of hydrogen-bond donors (Lipinski definition) is 2. The first-order valence-electron chi connectivity index (χ1n) is 12.4. The van der Waals surface area contributed by atoms with Crippen molar-refractivity contribution in [3.8, 4) is 11.5 Å². The van der Waals surface area contributed by atoms with Gasteiger partial charge in [-0.3, -0.25) is 14.8 Å². The van der Waals surface area contributed by atoms with E-state index < -0.39 is 0 Å². The molecule has 0 saturated carbocycles. The maximum Gasteiger partial charge on any atom is 0.258 e. The van der Waals surface area contributed by atoms with Crippen molar-refractivity contribution in [2.45, 2.75) is 61.6 Å². The molecule has 0 atom stereocenters. The standard InChI is InChI=1S/C28H37N5O3/c1-8-33-21(7)23(20(6)32-33)17-29-28(30-24-13-11-18(4)15-19(24)5)31-27(34)22-12-14-25(35-9-2)26(16-22)36-10-3/h11-16H,8-10,17H2,1-7H3,(H2,29,30,31,34). The normalized spacial score (nSPS) is 11.4. The predicted molar refractivity (Wildman–Crippen MR) is 144 cm³/mol. The van der Waals surface area contributed by atoms with E-state index in [0.29, 0.717) is 42.8 Å². The fourth-order valence-electron chi connectivity index (χ4n) is 3.99. The van der Waals surface area contributed by atoms with Crippen LogP contribution in [-0.4, -0.2) is 34.9 Å². The summed E-state index contributed by atoms with van der Waals surface area (Å²) < 4.78 is 13.3. The van der Waals surface area contributed by atoms with E-state index in [9.17, 15) is 4.79 Å². The molecule has 1 amide bonds. The monoisotopic (exact) mass is 491 g/mol. The molecule has 192 valence electrons. The van der Waals surface area contributed by atoms with Crippen LogP contribution in [0.15, 0.2) is 41.4 Å². The molecule has 36 heavy (non-hydrogen) atoms. The molecule has 3 aromatic rings. The van der Waals surface area contributed by atoms with Crippen LogP contribution in [0.3, 0.4) is 0 Å². The molecule has 1 heterocycles. The van der Waals surface area contributed by atoms with Gasteiger partial charge in [-0.15, -0.1) is 0 Å². The highest BCUT2D eigenvalue weighted by atomic mass is 16.5. The van der Waals surface area contributed by atoms with Crippen molar-refractivity contribution in [2.24, 2.45) is 4.99 Å². The zero-order valence-electron chi connectivity index (χ0n) is 22.4. The Balaban J connectivity index is 1.91. The van der Waals surface area contributed by atoms with Gasteiger partial charge in [0.15, 0.2) is 11.5 Å². The number of aryl methyl sites for hydroxylation is 4. The molecule has 0 aliphatic carbocycles. The number of nitrogens with one attached hydrogen (secondary N) is 2. The van der Waals surface area contributed by atoms with Crippen molar-refractivity contribution in [2.75, 3.05) is 18.5 Å². The largest absolute Gasteiger partial charge is 0.490 e. The second-order valence-corrected chi connectivity index (χ2v) is 8.56. The number of amides is 1. The van der Waals surface area contributed by atoms with Crippen LogP contribution < -0.4 is 20.1 Å². The van der Waals surface area contributed by atoms with Crippen LogP contribution in [-0.2, 0) is 13.1 Å². The molecule has 0 bridgehead atoms. The zero-order chi connectivity index (χ0) is 26.2. The smallest absolute Gasteiger partial charge is 0.258 e. The maximum atomic E-state index is 13.3. The van der Waals surface area contributed by atoms with Gasteiger partial charge in [0.2, 0.25) is 5.96 Å². The molecule has 8 nitrogen and oxygen atoms in total. The fraction of sp³-hybridized carbons (Fsp3) is 0.393. The van der Waals surface area contributed by atoms with E-state index in [2.05, 4.69) is 28.7 Å². The van der Waals surface area contributed by atoms with Gasteiger partial charge in [0.1, 0.15) is 0 Å². The molecule has 8 heteroatoms. The molecule has 0 aliphatic rings. The summed E-state index contributed by atoms with van der Waals surface area (Å²) in [5.74, 6) is 1.21. The zero-order valence-corrected chi connectivity index (χ0v) is 22.4. The van der Waals surface area contributed by atoms with Crippen LogP contribution in [0.4, 0.5) is 5.69 Å². The highest BCUT2D eigenvalue weighted by Crippen LogP contribution is 2.28. The minimum Gasteiger partial charge on any atom is -0.490 e. The van der Waals surface area contributed by atoms with Gasteiger partial charge in [-0.1, -0.05) is 17.7 Å². The van der Waals surface area contributed by atoms with Gasteiger partial charge in [0, 0.05) is 29.1 Å². The first-order valence-corrected chi connectivity index (χ1v) is 12.4. The third-order valence-electron chi connectivity index (χ3n) is 5.90. The number of rotatable bonds is 9. The van der Waals surface area contributed by atoms with Crippen molar-refractivity contribution < 1.29 is 14.3 Å². The summed E-state index contributed by atoms with van der Waals surface area (Å²) in [4.78, 5) is 18.0. The van der Waals surface area contributed by atoms with Gasteiger partial charge in [0.25, 0.3) is 5.91 Å². The number of carbonyl (C=O) groups is 1. The first kappa shape index (κ1) is 26.8. The summed E-state index contributed by atoms with van der Waals surface area (Å²) in [6.45, 7) is 16.1. The number of guanidine groups is 1. The molecule has 0 spiro atoms. The second kappa shape index (κ2) is 12.2. The van der Waals surface area contributed by atoms with Gasteiger partial charge in [-0.2, -0.15) is 5.10 Å². The lowest BCUT2D eigenvalue weighted by Gasteiger charge is -2.15. The first-order chi connectivity index (χ1) is 17.3. The van der Waals surface area contributed by atoms with Gasteiger partial charge in [-0.05, 0) is 78.3 Å². The molecule has 2 aromatic carbocycles. The molecule has 3 rings (SSSR count). The van der Waals surface area contributed by atoms with Crippen LogP contribution >= 0.6 is 0 Å². The Labute approximate surface area is 213 Å². The SMILES string of the molecule is CCOc1ccc(C(=O)NC(=NCc2c(C)nn(CC)c2C)Nc2ccc(C)cc2C)cc1OCC. The molecular weight excluding hydrogens is 454 g/mol. The molecule has 2 N–H and O–H groups in total. The van der Waals surface area contributed by atoms with E-state index in [0.717, 1.165) is 40.3 Å². The second-order valence-electron chi connectivity index (χ2n) is 8.56. The van der Waals surface area contributed by atoms with Crippen molar-refractivity contribution in [3.63, 3.8) is 0 Å². The lowest BCUT2D eigenvalue weighted by molar-refractivity contribution is 0.0976. The van der Waals surface area contributed by atoms with Crippen LogP contribution in [0.2, 0.25) is 0 Å². The highest BCUT2D eigenvalue weighted by molar-refractivity contribution is 6.10. The summed E-state index contributed by atoms with van der Waals surface area (Å²) in [6, 6.07) is 11.3. The van der Waals surface area contributed by atoms with E-state index >= 15 is 0 Å². The Morgan fingerprint density at radius 3 is 2.33 bits per heavy atom. The molecule has 0 radical (unpaired) electrons. The van der Waals surface area contributed by atoms with Gasteiger partial charge < -0.3 is 14.8 Å². The predicted octanol–water partition coefficient (Wildman–Crippen LogP) is 5.33. The lowest BCUT2D eigenvalue weighted by atomic mass is 10.1. The molecule has 0 unspecified atom stereocenters. The Morgan fingerprint density at radius 2 is 1.69 bits per heavy atom. The quantitative estimate of drug-likeness (QED) is 0.312. The average molecular weight is 492 g/mol. The van der Waals surface area contributed by atoms with E-state index in [1.54, 1.807) is 18.2 Å². The average Bonchev–Trinajstić information content (AvgIpc) is 3.12. The number of aliphatic imine (C=N–C) groups is 1. The van der Waals surface area contributed by atoms with Crippen LogP contribution in [0.25, 0.3) is 0 Å². The number of benzene rings is 2. The Hall–Kier alpha value is -3.81. The van der Waals surface area contributed by atoms with Crippen molar-refractivity contribution in [3.05, 3.63) is 70.0 Å². The molecular formula is C28H37N5O3. The van der Waals surface area contributed by atoms with Crippen LogP contribution in [0, 0.1) is 27.7 Å². The third-order valence-corrected chi connectivity index (χ3v) is 5.90. The van der Waals surface area contributed by atoms with Crippen molar-refractivity contribution in [1.29, 1.82) is 0 Å². The lowest BCUT2D eigenvalue weighted by Crippen LogP contribution is -2.36. The topological polar surface area (TPSA) is 89.8 Å². The number of nitrogens with zero attached hydrogens (tertiary/aromatic N) is 3. The Bertz CT molecular complexity index is 1250. The van der Waals surface area contributed by atoms with E-state index in [4.69, 9.17) is 14.5 Å². The third kappa shape index (κ3) is 6.44. The fourth-order valence-corrected chi connectivity index (χ4v) is 3.99. The van der Waals surface area contributed by atoms with Gasteiger partial charge in [0.05, 0.1) is 25.5 Å². The number of hydrogen-bond acceptors (Lipinski definition) is 5. The Morgan fingerprint density at radius 1 is 0.972 bits per heavy atom. The summed E-state index contributed by atoms with van der Waals surface area (Å²) in [7, 11) is 0. The molecule has 1 aromatic heterocycles. The summed E-state index contributed by atoms with van der Waals surface area (Å²) >= 11 is 0. The van der Waals surface area contributed by atoms with E-state index in [-0.39, 0.29) is 5.91 Å². The minimum absolute atomic E-state index is 0.298. The van der Waals surface area contributed by atoms with Crippen molar-refractivity contribution >= 4 is 17.6 Å². The van der Waals surface area contributed by atoms with E-state index in [1.807, 2.05) is 58.4 Å². The van der Waals surface area contributed by atoms with Crippen LogP contribution in [0.1, 0.15) is 59.2 Å².